The van der Waals surface area contributed by atoms with Crippen molar-refractivity contribution in [2.24, 2.45) is 0 Å². The molecule has 2 amide bonds. The van der Waals surface area contributed by atoms with Crippen LogP contribution in [-0.2, 0) is 6.18 Å². The van der Waals surface area contributed by atoms with Crippen LogP contribution in [0, 0.1) is 0 Å². The van der Waals surface area contributed by atoms with Crippen molar-refractivity contribution in [2.75, 3.05) is 4.90 Å². The third-order valence-electron chi connectivity index (χ3n) is 2.99. The number of alkyl halides is 3. The zero-order chi connectivity index (χ0) is 15.2. The number of amides is 2. The molecule has 1 aromatic carbocycles. The van der Waals surface area contributed by atoms with Crippen LogP contribution in [0.15, 0.2) is 36.5 Å². The molecule has 0 aliphatic carbocycles. The maximum Gasteiger partial charge on any atom is 0.418 e. The Balaban J connectivity index is 2.08. The van der Waals surface area contributed by atoms with Crippen molar-refractivity contribution in [3.8, 4) is 0 Å². The average Bonchev–Trinajstić information content (AvgIpc) is 2.71. The van der Waals surface area contributed by atoms with Crippen molar-refractivity contribution in [1.82, 2.24) is 10.2 Å². The summed E-state index contributed by atoms with van der Waals surface area (Å²) in [5, 5.41) is 6.66. The average molecular weight is 293 g/mol. The van der Waals surface area contributed by atoms with Gasteiger partial charge in [0, 0.05) is 0 Å². The highest BCUT2D eigenvalue weighted by atomic mass is 19.4. The van der Waals surface area contributed by atoms with Gasteiger partial charge in [-0.15, -0.1) is 5.10 Å². The molecular weight excluding hydrogens is 287 g/mol. The molecule has 106 valence electrons. The largest absolute Gasteiger partial charge is 0.418 e. The van der Waals surface area contributed by atoms with Gasteiger partial charge in [-0.05, 0) is 18.2 Å². The third-order valence-corrected chi connectivity index (χ3v) is 2.99. The Bertz CT molecular complexity index is 723. The number of imide groups is 1. The molecule has 1 aromatic heterocycles. The van der Waals surface area contributed by atoms with Gasteiger partial charge in [-0.1, -0.05) is 12.1 Å². The molecule has 3 rings (SSSR count). The van der Waals surface area contributed by atoms with Crippen LogP contribution in [0.1, 0.15) is 26.3 Å². The summed E-state index contributed by atoms with van der Waals surface area (Å²) in [5.41, 5.74) is -0.826. The van der Waals surface area contributed by atoms with E-state index in [2.05, 4.69) is 10.2 Å². The summed E-state index contributed by atoms with van der Waals surface area (Å²) in [6, 6.07) is 6.60. The van der Waals surface area contributed by atoms with Crippen LogP contribution in [0.3, 0.4) is 0 Å². The molecule has 1 aliphatic rings. The lowest BCUT2D eigenvalue weighted by atomic mass is 10.1. The summed E-state index contributed by atoms with van der Waals surface area (Å²) in [6.45, 7) is 0. The number of aromatic nitrogens is 2. The van der Waals surface area contributed by atoms with E-state index < -0.39 is 29.4 Å². The number of benzene rings is 1. The lowest BCUT2D eigenvalue weighted by Crippen LogP contribution is -2.30. The first-order valence-electron chi connectivity index (χ1n) is 5.77. The van der Waals surface area contributed by atoms with Gasteiger partial charge >= 0.3 is 6.18 Å². The minimum atomic E-state index is -4.64. The third kappa shape index (κ3) is 2.04. The SMILES string of the molecule is O=C1c2ccccc2C(=O)N1c1cc(C(F)(F)F)cnn1. The molecule has 1 aliphatic heterocycles. The van der Waals surface area contributed by atoms with Gasteiger partial charge in [-0.25, -0.2) is 4.90 Å². The Morgan fingerprint density at radius 1 is 1.00 bits per heavy atom. The first-order chi connectivity index (χ1) is 9.89. The van der Waals surface area contributed by atoms with Gasteiger partial charge in [0.25, 0.3) is 11.8 Å². The molecule has 0 radical (unpaired) electrons. The molecule has 0 saturated carbocycles. The maximum atomic E-state index is 12.7. The lowest BCUT2D eigenvalue weighted by molar-refractivity contribution is -0.137. The molecule has 0 fully saturated rings. The predicted molar refractivity (Wildman–Crippen MR) is 64.6 cm³/mol. The summed E-state index contributed by atoms with van der Waals surface area (Å²) in [4.78, 5) is 24.8. The quantitative estimate of drug-likeness (QED) is 0.757. The fourth-order valence-corrected chi connectivity index (χ4v) is 2.02. The van der Waals surface area contributed by atoms with Crippen LogP contribution in [0.4, 0.5) is 19.0 Å². The number of nitrogens with zero attached hydrogens (tertiary/aromatic N) is 3. The topological polar surface area (TPSA) is 63.2 Å². The second-order valence-electron chi connectivity index (χ2n) is 4.29. The van der Waals surface area contributed by atoms with Crippen LogP contribution in [0.25, 0.3) is 0 Å². The van der Waals surface area contributed by atoms with Crippen LogP contribution in [0.2, 0.25) is 0 Å². The van der Waals surface area contributed by atoms with Crippen LogP contribution >= 0.6 is 0 Å². The van der Waals surface area contributed by atoms with E-state index in [1.165, 1.54) is 12.1 Å². The van der Waals surface area contributed by atoms with Crippen molar-refractivity contribution in [3.63, 3.8) is 0 Å². The Kier molecular flexibility index (Phi) is 2.75. The van der Waals surface area contributed by atoms with E-state index in [4.69, 9.17) is 0 Å². The summed E-state index contributed by atoms with van der Waals surface area (Å²) in [5.74, 6) is -1.88. The zero-order valence-electron chi connectivity index (χ0n) is 10.3. The highest BCUT2D eigenvalue weighted by Crippen LogP contribution is 2.32. The number of carbonyl (C=O) groups excluding carboxylic acids is 2. The molecule has 0 saturated heterocycles. The highest BCUT2D eigenvalue weighted by Gasteiger charge is 2.39. The molecule has 8 heteroatoms. The minimum Gasteiger partial charge on any atom is -0.268 e. The lowest BCUT2D eigenvalue weighted by Gasteiger charge is -2.13. The van der Waals surface area contributed by atoms with Crippen molar-refractivity contribution in [2.45, 2.75) is 6.18 Å². The highest BCUT2D eigenvalue weighted by molar-refractivity contribution is 6.34. The van der Waals surface area contributed by atoms with E-state index in [1.54, 1.807) is 12.1 Å². The van der Waals surface area contributed by atoms with Crippen molar-refractivity contribution < 1.29 is 22.8 Å². The van der Waals surface area contributed by atoms with Gasteiger partial charge in [0.05, 0.1) is 22.9 Å². The number of hydrogen-bond donors (Lipinski definition) is 0. The van der Waals surface area contributed by atoms with Crippen LogP contribution in [0.5, 0.6) is 0 Å². The predicted octanol–water partition coefficient (Wildman–Crippen LogP) is 2.30. The van der Waals surface area contributed by atoms with Gasteiger partial charge in [-0.2, -0.15) is 18.3 Å². The molecule has 0 unspecified atom stereocenters. The molecule has 0 bridgehead atoms. The van der Waals surface area contributed by atoms with Crippen LogP contribution < -0.4 is 4.90 Å². The monoisotopic (exact) mass is 293 g/mol. The summed E-state index contributed by atoms with van der Waals surface area (Å²) < 4.78 is 38.0. The van der Waals surface area contributed by atoms with Gasteiger partial charge in [-0.3, -0.25) is 9.59 Å². The van der Waals surface area contributed by atoms with Crippen molar-refractivity contribution in [3.05, 3.63) is 53.2 Å². The zero-order valence-corrected chi connectivity index (χ0v) is 10.3. The van der Waals surface area contributed by atoms with E-state index >= 15 is 0 Å². The van der Waals surface area contributed by atoms with Gasteiger partial charge in [0.1, 0.15) is 0 Å². The first-order valence-corrected chi connectivity index (χ1v) is 5.77. The number of fused-ring (bicyclic) bond motifs is 1. The normalized spacial score (nSPS) is 14.5. The summed E-state index contributed by atoms with van der Waals surface area (Å²) >= 11 is 0. The number of hydrogen-bond acceptors (Lipinski definition) is 4. The van der Waals surface area contributed by atoms with Crippen molar-refractivity contribution >= 4 is 17.6 Å². The molecule has 21 heavy (non-hydrogen) atoms. The van der Waals surface area contributed by atoms with Gasteiger partial charge in [0.2, 0.25) is 0 Å². The maximum absolute atomic E-state index is 12.7. The van der Waals surface area contributed by atoms with Crippen LogP contribution in [-0.4, -0.2) is 22.0 Å². The summed E-state index contributed by atoms with van der Waals surface area (Å²) in [7, 11) is 0. The molecule has 2 aromatic rings. The molecule has 5 nitrogen and oxygen atoms in total. The second kappa shape index (κ2) is 4.37. The summed E-state index contributed by atoms with van der Waals surface area (Å²) in [6.07, 6.45) is -4.11. The fourth-order valence-electron chi connectivity index (χ4n) is 2.02. The smallest absolute Gasteiger partial charge is 0.268 e. The van der Waals surface area contributed by atoms with E-state index in [0.717, 1.165) is 0 Å². The molecule has 0 N–H and O–H groups in total. The minimum absolute atomic E-state index is 0.127. The van der Waals surface area contributed by atoms with E-state index in [9.17, 15) is 22.8 Å². The number of halogens is 3. The number of rotatable bonds is 1. The molecule has 0 spiro atoms. The Morgan fingerprint density at radius 2 is 1.57 bits per heavy atom. The standard InChI is InChI=1S/C13H6F3N3O2/c14-13(15,16)7-5-10(18-17-6-7)19-11(20)8-3-1-2-4-9(8)12(19)21/h1-6H. The van der Waals surface area contributed by atoms with E-state index in [-0.39, 0.29) is 11.1 Å². The fraction of sp³-hybridized carbons (Fsp3) is 0.0769. The molecule has 2 heterocycles. The van der Waals surface area contributed by atoms with Crippen molar-refractivity contribution in [1.29, 1.82) is 0 Å². The Hall–Kier alpha value is -2.77. The Morgan fingerprint density at radius 3 is 2.10 bits per heavy atom. The number of anilines is 1. The van der Waals surface area contributed by atoms with E-state index in [0.29, 0.717) is 17.2 Å². The van der Waals surface area contributed by atoms with Gasteiger partial charge in [0.15, 0.2) is 5.82 Å². The second-order valence-corrected chi connectivity index (χ2v) is 4.29. The number of carbonyl (C=O) groups is 2. The Labute approximate surface area is 116 Å². The van der Waals surface area contributed by atoms with E-state index in [1.807, 2.05) is 0 Å². The first kappa shape index (κ1) is 13.2. The molecule has 0 atom stereocenters. The molecular formula is C13H6F3N3O2. The van der Waals surface area contributed by atoms with Gasteiger partial charge < -0.3 is 0 Å².